The van der Waals surface area contributed by atoms with Gasteiger partial charge in [0.25, 0.3) is 0 Å². The predicted octanol–water partition coefficient (Wildman–Crippen LogP) is 3.22. The molecule has 3 rings (SSSR count). The van der Waals surface area contributed by atoms with Gasteiger partial charge in [0, 0.05) is 43.5 Å². The Morgan fingerprint density at radius 3 is 2.65 bits per heavy atom. The zero-order chi connectivity index (χ0) is 18.5. The van der Waals surface area contributed by atoms with Crippen LogP contribution in [0.4, 0.5) is 10.8 Å². The van der Waals surface area contributed by atoms with Crippen LogP contribution in [0.1, 0.15) is 6.92 Å². The molecule has 0 aliphatic rings. The second-order valence-electron chi connectivity index (χ2n) is 5.67. The lowest BCUT2D eigenvalue weighted by molar-refractivity contribution is -0.113. The molecule has 2 heterocycles. The van der Waals surface area contributed by atoms with E-state index < -0.39 is 0 Å². The van der Waals surface area contributed by atoms with Crippen LogP contribution >= 0.6 is 23.1 Å². The molecule has 2 aromatic heterocycles. The van der Waals surface area contributed by atoms with Crippen molar-refractivity contribution in [3.63, 3.8) is 0 Å². The molecule has 3 aromatic rings. The number of anilines is 2. The van der Waals surface area contributed by atoms with Crippen molar-refractivity contribution >= 4 is 39.8 Å². The number of aromatic nitrogens is 4. The minimum absolute atomic E-state index is 0.104. The quantitative estimate of drug-likeness (QED) is 0.626. The van der Waals surface area contributed by atoms with Crippen LogP contribution in [0.3, 0.4) is 0 Å². The van der Waals surface area contributed by atoms with Crippen molar-refractivity contribution in [1.82, 2.24) is 19.7 Å². The van der Waals surface area contributed by atoms with Gasteiger partial charge in [0.15, 0.2) is 16.1 Å². The monoisotopic (exact) mass is 388 g/mol. The molecule has 0 saturated carbocycles. The molecule has 0 bridgehead atoms. The van der Waals surface area contributed by atoms with Crippen LogP contribution in [0.25, 0.3) is 11.4 Å². The lowest BCUT2D eigenvalue weighted by atomic mass is 10.2. The van der Waals surface area contributed by atoms with Gasteiger partial charge in [-0.15, -0.1) is 21.5 Å². The van der Waals surface area contributed by atoms with Gasteiger partial charge in [-0.2, -0.15) is 0 Å². The van der Waals surface area contributed by atoms with E-state index in [1.165, 1.54) is 23.1 Å². The zero-order valence-corrected chi connectivity index (χ0v) is 16.5. The van der Waals surface area contributed by atoms with Gasteiger partial charge in [0.05, 0.1) is 5.75 Å². The largest absolute Gasteiger partial charge is 0.378 e. The molecule has 0 aliphatic carbocycles. The van der Waals surface area contributed by atoms with Gasteiger partial charge in [-0.05, 0) is 31.2 Å². The van der Waals surface area contributed by atoms with Crippen LogP contribution in [-0.4, -0.2) is 45.5 Å². The van der Waals surface area contributed by atoms with E-state index in [2.05, 4.69) is 37.5 Å². The standard InChI is InChI=1S/C17H20N6OS2/c1-4-23-15(12-5-7-13(8-6-12)22(2)3)20-21-17(23)26-11-14(24)19-16-18-9-10-25-16/h5-10H,4,11H2,1-3H3,(H,18,19,24). The number of nitrogens with one attached hydrogen (secondary N) is 1. The van der Waals surface area contributed by atoms with Gasteiger partial charge in [-0.3, -0.25) is 4.79 Å². The van der Waals surface area contributed by atoms with E-state index in [9.17, 15) is 4.79 Å². The first-order valence-electron chi connectivity index (χ1n) is 8.11. The molecule has 26 heavy (non-hydrogen) atoms. The lowest BCUT2D eigenvalue weighted by Gasteiger charge is -2.13. The van der Waals surface area contributed by atoms with Crippen molar-refractivity contribution in [1.29, 1.82) is 0 Å². The summed E-state index contributed by atoms with van der Waals surface area (Å²) in [5, 5.41) is 14.5. The summed E-state index contributed by atoms with van der Waals surface area (Å²) in [4.78, 5) is 18.1. The minimum Gasteiger partial charge on any atom is -0.378 e. The third kappa shape index (κ3) is 4.23. The fourth-order valence-corrected chi connectivity index (χ4v) is 3.72. The van der Waals surface area contributed by atoms with Crippen LogP contribution in [-0.2, 0) is 11.3 Å². The van der Waals surface area contributed by atoms with Gasteiger partial charge >= 0.3 is 0 Å². The maximum Gasteiger partial charge on any atom is 0.236 e. The molecule has 9 heteroatoms. The van der Waals surface area contributed by atoms with Gasteiger partial charge in [0.2, 0.25) is 5.91 Å². The smallest absolute Gasteiger partial charge is 0.236 e. The Balaban J connectivity index is 1.70. The highest BCUT2D eigenvalue weighted by atomic mass is 32.2. The summed E-state index contributed by atoms with van der Waals surface area (Å²) in [6.07, 6.45) is 1.66. The molecule has 0 unspecified atom stereocenters. The normalized spacial score (nSPS) is 10.7. The van der Waals surface area contributed by atoms with E-state index in [4.69, 9.17) is 0 Å². The van der Waals surface area contributed by atoms with Crippen LogP contribution in [0.15, 0.2) is 41.0 Å². The highest BCUT2D eigenvalue weighted by Crippen LogP contribution is 2.25. The number of hydrogen-bond donors (Lipinski definition) is 1. The molecule has 136 valence electrons. The Morgan fingerprint density at radius 1 is 1.27 bits per heavy atom. The first kappa shape index (κ1) is 18.4. The summed E-state index contributed by atoms with van der Waals surface area (Å²) < 4.78 is 2.02. The number of benzene rings is 1. The second kappa shape index (κ2) is 8.33. The Hall–Kier alpha value is -2.39. The zero-order valence-electron chi connectivity index (χ0n) is 14.8. The van der Waals surface area contributed by atoms with Gasteiger partial charge in [0.1, 0.15) is 0 Å². The van der Waals surface area contributed by atoms with Crippen molar-refractivity contribution in [3.05, 3.63) is 35.8 Å². The van der Waals surface area contributed by atoms with E-state index >= 15 is 0 Å². The average molecular weight is 389 g/mol. The SMILES string of the molecule is CCn1c(SCC(=O)Nc2nccs2)nnc1-c1ccc(N(C)C)cc1. The van der Waals surface area contributed by atoms with Crippen LogP contribution in [0, 0.1) is 0 Å². The number of nitrogens with zero attached hydrogens (tertiary/aromatic N) is 5. The summed E-state index contributed by atoms with van der Waals surface area (Å²) in [7, 11) is 4.02. The van der Waals surface area contributed by atoms with E-state index in [0.29, 0.717) is 5.13 Å². The minimum atomic E-state index is -0.104. The summed E-state index contributed by atoms with van der Waals surface area (Å²) in [6.45, 7) is 2.77. The number of thiazole rings is 1. The molecule has 0 atom stereocenters. The van der Waals surface area contributed by atoms with Gasteiger partial charge < -0.3 is 14.8 Å². The number of rotatable bonds is 7. The van der Waals surface area contributed by atoms with E-state index in [1.807, 2.05) is 43.1 Å². The highest BCUT2D eigenvalue weighted by molar-refractivity contribution is 7.99. The van der Waals surface area contributed by atoms with Crippen LogP contribution in [0.2, 0.25) is 0 Å². The van der Waals surface area contributed by atoms with Crippen molar-refractivity contribution in [2.24, 2.45) is 0 Å². The number of carbonyl (C=O) groups is 1. The molecule has 0 radical (unpaired) electrons. The van der Waals surface area contributed by atoms with Crippen molar-refractivity contribution in [3.8, 4) is 11.4 Å². The van der Waals surface area contributed by atoms with E-state index in [0.717, 1.165) is 28.8 Å². The van der Waals surface area contributed by atoms with Gasteiger partial charge in [-0.1, -0.05) is 11.8 Å². The maximum atomic E-state index is 12.0. The summed E-state index contributed by atoms with van der Waals surface area (Å²) >= 11 is 2.77. The number of thioether (sulfide) groups is 1. The Bertz CT molecular complexity index is 858. The van der Waals surface area contributed by atoms with E-state index in [1.54, 1.807) is 6.20 Å². The third-order valence-corrected chi connectivity index (χ3v) is 5.34. The van der Waals surface area contributed by atoms with Crippen molar-refractivity contribution in [2.75, 3.05) is 30.1 Å². The number of hydrogen-bond acceptors (Lipinski definition) is 7. The molecule has 0 spiro atoms. The number of amides is 1. The highest BCUT2D eigenvalue weighted by Gasteiger charge is 2.15. The average Bonchev–Trinajstić information content (AvgIpc) is 3.29. The first-order chi connectivity index (χ1) is 12.6. The topological polar surface area (TPSA) is 75.9 Å². The molecule has 1 aromatic carbocycles. The van der Waals surface area contributed by atoms with Crippen molar-refractivity contribution in [2.45, 2.75) is 18.6 Å². The molecule has 1 amide bonds. The predicted molar refractivity (Wildman–Crippen MR) is 107 cm³/mol. The van der Waals surface area contributed by atoms with E-state index in [-0.39, 0.29) is 11.7 Å². The Kier molecular flexibility index (Phi) is 5.89. The molecule has 7 nitrogen and oxygen atoms in total. The fourth-order valence-electron chi connectivity index (χ4n) is 2.37. The number of carbonyl (C=O) groups excluding carboxylic acids is 1. The van der Waals surface area contributed by atoms with Crippen LogP contribution in [0.5, 0.6) is 0 Å². The molecule has 1 N–H and O–H groups in total. The van der Waals surface area contributed by atoms with Gasteiger partial charge in [-0.25, -0.2) is 4.98 Å². The molecule has 0 fully saturated rings. The molecule has 0 aliphatic heterocycles. The second-order valence-corrected chi connectivity index (χ2v) is 7.50. The Labute approximate surface area is 160 Å². The lowest BCUT2D eigenvalue weighted by Crippen LogP contribution is -2.14. The molecular formula is C17H20N6OS2. The Morgan fingerprint density at radius 2 is 2.04 bits per heavy atom. The fraction of sp³-hybridized carbons (Fsp3) is 0.294. The maximum absolute atomic E-state index is 12.0. The summed E-state index contributed by atoms with van der Waals surface area (Å²) in [6, 6.07) is 8.18. The van der Waals surface area contributed by atoms with Crippen molar-refractivity contribution < 1.29 is 4.79 Å². The molecular weight excluding hydrogens is 368 g/mol. The first-order valence-corrected chi connectivity index (χ1v) is 9.98. The summed E-state index contributed by atoms with van der Waals surface area (Å²) in [5.74, 6) is 0.963. The molecule has 0 saturated heterocycles. The van der Waals surface area contributed by atoms with Crippen LogP contribution < -0.4 is 10.2 Å². The third-order valence-electron chi connectivity index (χ3n) is 3.69. The summed E-state index contributed by atoms with van der Waals surface area (Å²) in [5.41, 5.74) is 2.13.